The summed E-state index contributed by atoms with van der Waals surface area (Å²) in [6.45, 7) is 5.30. The van der Waals surface area contributed by atoms with Crippen LogP contribution in [0.25, 0.3) is 6.08 Å². The summed E-state index contributed by atoms with van der Waals surface area (Å²) in [7, 11) is 0. The summed E-state index contributed by atoms with van der Waals surface area (Å²) in [5.41, 5.74) is 0.625. The van der Waals surface area contributed by atoms with Crippen LogP contribution in [0, 0.1) is 5.82 Å². The zero-order valence-corrected chi connectivity index (χ0v) is 16.7. The van der Waals surface area contributed by atoms with Crippen molar-refractivity contribution >= 4 is 68.3 Å². The van der Waals surface area contributed by atoms with Gasteiger partial charge in [0.15, 0.2) is 5.13 Å². The van der Waals surface area contributed by atoms with E-state index in [1.54, 1.807) is 29.7 Å². The maximum absolute atomic E-state index is 14.1. The van der Waals surface area contributed by atoms with Crippen molar-refractivity contribution < 1.29 is 14.0 Å². The van der Waals surface area contributed by atoms with Crippen molar-refractivity contribution in [1.29, 1.82) is 0 Å². The van der Waals surface area contributed by atoms with E-state index < -0.39 is 5.82 Å². The standard InChI is InChI=1S/C18H14FN3O2S3/c1-3-8-21-16(24)15(27-18(21)25)9-12-10-26-17(20-12)22(11(2)23)14-7-5-4-6-13(14)19/h3-7,9-10H,1,8H2,2H3/b15-9+. The van der Waals surface area contributed by atoms with Crippen molar-refractivity contribution in [3.05, 3.63) is 58.7 Å². The number of amides is 2. The van der Waals surface area contributed by atoms with Gasteiger partial charge in [-0.05, 0) is 18.2 Å². The Morgan fingerprint density at radius 2 is 2.19 bits per heavy atom. The number of thiocarbonyl (C=S) groups is 1. The van der Waals surface area contributed by atoms with E-state index in [1.807, 2.05) is 0 Å². The lowest BCUT2D eigenvalue weighted by Gasteiger charge is -2.18. The quantitative estimate of drug-likeness (QED) is 0.410. The fourth-order valence-electron chi connectivity index (χ4n) is 2.41. The molecule has 1 aromatic heterocycles. The van der Waals surface area contributed by atoms with Crippen LogP contribution in [0.1, 0.15) is 12.6 Å². The topological polar surface area (TPSA) is 53.5 Å². The smallest absolute Gasteiger partial charge is 0.266 e. The van der Waals surface area contributed by atoms with Gasteiger partial charge < -0.3 is 0 Å². The van der Waals surface area contributed by atoms with E-state index in [0.717, 1.165) is 0 Å². The first-order valence-electron chi connectivity index (χ1n) is 7.79. The molecule has 0 atom stereocenters. The summed E-state index contributed by atoms with van der Waals surface area (Å²) in [5, 5.41) is 2.02. The third kappa shape index (κ3) is 4.00. The van der Waals surface area contributed by atoms with Gasteiger partial charge in [0, 0.05) is 18.8 Å². The summed E-state index contributed by atoms with van der Waals surface area (Å²) in [6.07, 6.45) is 3.22. The molecule has 1 aromatic carbocycles. The molecule has 2 amide bonds. The number of aromatic nitrogens is 1. The van der Waals surface area contributed by atoms with Gasteiger partial charge in [-0.2, -0.15) is 0 Å². The van der Waals surface area contributed by atoms with Gasteiger partial charge in [-0.15, -0.1) is 17.9 Å². The molecular formula is C18H14FN3O2S3. The first kappa shape index (κ1) is 19.4. The molecule has 1 saturated heterocycles. The van der Waals surface area contributed by atoms with Gasteiger partial charge in [-0.25, -0.2) is 9.37 Å². The minimum atomic E-state index is -0.519. The number of carbonyl (C=O) groups is 2. The number of thioether (sulfide) groups is 1. The van der Waals surface area contributed by atoms with Crippen LogP contribution < -0.4 is 4.90 Å². The van der Waals surface area contributed by atoms with Crippen LogP contribution in [-0.4, -0.2) is 32.6 Å². The van der Waals surface area contributed by atoms with Crippen LogP contribution >= 0.6 is 35.3 Å². The van der Waals surface area contributed by atoms with Crippen molar-refractivity contribution in [2.45, 2.75) is 6.92 Å². The Labute approximate surface area is 169 Å². The third-order valence-electron chi connectivity index (χ3n) is 3.57. The molecule has 0 aliphatic carbocycles. The van der Waals surface area contributed by atoms with Crippen LogP contribution in [0.3, 0.4) is 0 Å². The molecular weight excluding hydrogens is 405 g/mol. The Morgan fingerprint density at radius 3 is 2.85 bits per heavy atom. The van der Waals surface area contributed by atoms with Gasteiger partial charge in [-0.3, -0.25) is 19.4 Å². The molecule has 9 heteroatoms. The molecule has 0 bridgehead atoms. The van der Waals surface area contributed by atoms with Crippen molar-refractivity contribution in [3.63, 3.8) is 0 Å². The highest BCUT2D eigenvalue weighted by Gasteiger charge is 2.31. The minimum absolute atomic E-state index is 0.128. The highest BCUT2D eigenvalue weighted by atomic mass is 32.2. The zero-order valence-electron chi connectivity index (χ0n) is 14.2. The lowest BCUT2D eigenvalue weighted by Crippen LogP contribution is -2.27. The average Bonchev–Trinajstić information content (AvgIpc) is 3.17. The molecule has 0 saturated carbocycles. The molecule has 0 radical (unpaired) electrons. The lowest BCUT2D eigenvalue weighted by atomic mass is 10.3. The Kier molecular flexibility index (Phi) is 5.83. The SMILES string of the molecule is C=CCN1C(=O)/C(=C\c2csc(N(C(C)=O)c3ccccc3F)n2)SC1=S. The van der Waals surface area contributed by atoms with E-state index in [0.29, 0.717) is 26.6 Å². The highest BCUT2D eigenvalue weighted by molar-refractivity contribution is 8.26. The molecule has 2 heterocycles. The van der Waals surface area contributed by atoms with Crippen molar-refractivity contribution in [2.24, 2.45) is 0 Å². The number of hydrogen-bond acceptors (Lipinski definition) is 6. The van der Waals surface area contributed by atoms with Crippen LogP contribution in [0.4, 0.5) is 15.2 Å². The van der Waals surface area contributed by atoms with Gasteiger partial charge in [0.1, 0.15) is 10.1 Å². The summed E-state index contributed by atoms with van der Waals surface area (Å²) >= 11 is 7.57. The fourth-order valence-corrected chi connectivity index (χ4v) is 4.50. The molecule has 1 fully saturated rings. The van der Waals surface area contributed by atoms with Crippen molar-refractivity contribution in [2.75, 3.05) is 11.4 Å². The summed E-state index contributed by atoms with van der Waals surface area (Å²) in [5.74, 6) is -1.09. The van der Waals surface area contributed by atoms with Gasteiger partial charge in [0.25, 0.3) is 5.91 Å². The van der Waals surface area contributed by atoms with Crippen LogP contribution in [-0.2, 0) is 9.59 Å². The van der Waals surface area contributed by atoms with Crippen molar-refractivity contribution in [3.8, 4) is 0 Å². The predicted molar refractivity (Wildman–Crippen MR) is 111 cm³/mol. The van der Waals surface area contributed by atoms with E-state index in [4.69, 9.17) is 12.2 Å². The van der Waals surface area contributed by atoms with Gasteiger partial charge in [-0.1, -0.05) is 42.2 Å². The van der Waals surface area contributed by atoms with Gasteiger partial charge >= 0.3 is 0 Å². The number of halogens is 1. The number of nitrogens with zero attached hydrogens (tertiary/aromatic N) is 3. The van der Waals surface area contributed by atoms with Crippen LogP contribution in [0.5, 0.6) is 0 Å². The van der Waals surface area contributed by atoms with E-state index in [9.17, 15) is 14.0 Å². The zero-order chi connectivity index (χ0) is 19.6. The Hall–Kier alpha value is -2.36. The largest absolute Gasteiger partial charge is 0.289 e. The lowest BCUT2D eigenvalue weighted by molar-refractivity contribution is -0.121. The molecule has 0 N–H and O–H groups in total. The summed E-state index contributed by atoms with van der Waals surface area (Å²) in [4.78, 5) is 31.9. The molecule has 3 rings (SSSR count). The number of hydrogen-bond donors (Lipinski definition) is 0. The Bertz CT molecular complexity index is 970. The highest BCUT2D eigenvalue weighted by Crippen LogP contribution is 2.35. The van der Waals surface area contributed by atoms with E-state index in [-0.39, 0.29) is 17.5 Å². The molecule has 0 spiro atoms. The van der Waals surface area contributed by atoms with Crippen LogP contribution in [0.2, 0.25) is 0 Å². The number of para-hydroxylation sites is 1. The molecule has 1 aliphatic rings. The van der Waals surface area contributed by atoms with Gasteiger partial charge in [0.05, 0.1) is 16.3 Å². The maximum Gasteiger partial charge on any atom is 0.266 e. The molecule has 1 aliphatic heterocycles. The molecule has 2 aromatic rings. The number of carbonyl (C=O) groups excluding carboxylic acids is 2. The second-order valence-electron chi connectivity index (χ2n) is 5.44. The Balaban J connectivity index is 1.91. The molecule has 0 unspecified atom stereocenters. The first-order valence-corrected chi connectivity index (χ1v) is 9.90. The first-order chi connectivity index (χ1) is 12.9. The van der Waals surface area contributed by atoms with Crippen molar-refractivity contribution in [1.82, 2.24) is 9.88 Å². The van der Waals surface area contributed by atoms with E-state index in [2.05, 4.69) is 11.6 Å². The predicted octanol–water partition coefficient (Wildman–Crippen LogP) is 4.35. The van der Waals surface area contributed by atoms with E-state index in [1.165, 1.54) is 52.0 Å². The molecule has 138 valence electrons. The number of rotatable bonds is 5. The normalized spacial score (nSPS) is 15.5. The average molecular weight is 420 g/mol. The summed E-state index contributed by atoms with van der Waals surface area (Å²) < 4.78 is 14.6. The second-order valence-corrected chi connectivity index (χ2v) is 7.95. The fraction of sp³-hybridized carbons (Fsp3) is 0.111. The minimum Gasteiger partial charge on any atom is -0.289 e. The second kappa shape index (κ2) is 8.12. The third-order valence-corrected chi connectivity index (χ3v) is 5.80. The van der Waals surface area contributed by atoms with E-state index >= 15 is 0 Å². The maximum atomic E-state index is 14.1. The monoisotopic (exact) mass is 419 g/mol. The molecule has 5 nitrogen and oxygen atoms in total. The number of benzene rings is 1. The molecule has 27 heavy (non-hydrogen) atoms. The number of thiazole rings is 1. The number of anilines is 2. The summed E-state index contributed by atoms with van der Waals surface area (Å²) in [6, 6.07) is 5.99. The van der Waals surface area contributed by atoms with Gasteiger partial charge in [0.2, 0.25) is 5.91 Å². The Morgan fingerprint density at radius 1 is 1.44 bits per heavy atom. The van der Waals surface area contributed by atoms with Crippen LogP contribution in [0.15, 0.2) is 47.2 Å².